The van der Waals surface area contributed by atoms with Crippen molar-refractivity contribution in [1.29, 1.82) is 0 Å². The Hall–Kier alpha value is -7.42. The zero-order valence-corrected chi connectivity index (χ0v) is 30.7. The Balaban J connectivity index is 0.921. The molecule has 56 heavy (non-hydrogen) atoms. The lowest BCUT2D eigenvalue weighted by atomic mass is 10.00. The molecule has 10 aromatic carbocycles. The normalized spacial score (nSPS) is 11.6. The monoisotopic (exact) mass is 712 g/mol. The van der Waals surface area contributed by atoms with Crippen LogP contribution in [0.5, 0.6) is 0 Å². The molecule has 0 N–H and O–H groups in total. The summed E-state index contributed by atoms with van der Waals surface area (Å²) in [6, 6.07) is 79.4. The van der Waals surface area contributed by atoms with Gasteiger partial charge in [0.2, 0.25) is 0 Å². The van der Waals surface area contributed by atoms with Crippen molar-refractivity contribution in [2.75, 3.05) is 4.90 Å². The van der Waals surface area contributed by atoms with E-state index in [4.69, 9.17) is 0 Å². The van der Waals surface area contributed by atoms with E-state index in [-0.39, 0.29) is 0 Å². The van der Waals surface area contributed by atoms with E-state index in [0.717, 1.165) is 17.1 Å². The molecular formula is C54H36N2. The van der Waals surface area contributed by atoms with E-state index in [0.29, 0.717) is 0 Å². The summed E-state index contributed by atoms with van der Waals surface area (Å²) in [4.78, 5) is 2.33. The Bertz CT molecular complexity index is 3230. The summed E-state index contributed by atoms with van der Waals surface area (Å²) in [5.41, 5.74) is 11.8. The Morgan fingerprint density at radius 2 is 0.768 bits per heavy atom. The molecule has 262 valence electrons. The van der Waals surface area contributed by atoms with Crippen molar-refractivity contribution in [2.24, 2.45) is 0 Å². The van der Waals surface area contributed by atoms with Crippen molar-refractivity contribution in [3.8, 4) is 27.9 Å². The van der Waals surface area contributed by atoms with Crippen LogP contribution in [0.2, 0.25) is 0 Å². The lowest BCUT2D eigenvalue weighted by Crippen LogP contribution is -2.09. The van der Waals surface area contributed by atoms with Crippen LogP contribution >= 0.6 is 0 Å². The number of hydrogen-bond donors (Lipinski definition) is 0. The molecule has 0 atom stereocenters. The van der Waals surface area contributed by atoms with Gasteiger partial charge in [-0.25, -0.2) is 0 Å². The fourth-order valence-electron chi connectivity index (χ4n) is 8.57. The average molecular weight is 713 g/mol. The molecule has 0 fully saturated rings. The highest BCUT2D eigenvalue weighted by molar-refractivity contribution is 6.21. The number of rotatable bonds is 6. The smallest absolute Gasteiger partial charge is 0.0547 e. The van der Waals surface area contributed by atoms with Crippen molar-refractivity contribution in [3.63, 3.8) is 0 Å². The van der Waals surface area contributed by atoms with E-state index < -0.39 is 0 Å². The van der Waals surface area contributed by atoms with Crippen LogP contribution in [-0.2, 0) is 0 Å². The van der Waals surface area contributed by atoms with Gasteiger partial charge in [-0.05, 0) is 127 Å². The minimum Gasteiger partial charge on any atom is -0.311 e. The van der Waals surface area contributed by atoms with Crippen LogP contribution in [0.4, 0.5) is 17.1 Å². The highest BCUT2D eigenvalue weighted by Crippen LogP contribution is 2.39. The van der Waals surface area contributed by atoms with Crippen LogP contribution in [0.3, 0.4) is 0 Å². The second kappa shape index (κ2) is 13.2. The molecule has 0 aliphatic carbocycles. The topological polar surface area (TPSA) is 8.17 Å². The SMILES string of the molecule is c1ccc(N(c2ccc(-c3ccc4ccccc4c3)cc2)c2ccc(-c3ccc4cc(-n5c6ccccc6c6c7ccccc7ccc65)ccc4c3)cc2)cc1. The average Bonchev–Trinajstić information content (AvgIpc) is 3.62. The van der Waals surface area contributed by atoms with Gasteiger partial charge < -0.3 is 9.47 Å². The van der Waals surface area contributed by atoms with Gasteiger partial charge in [-0.3, -0.25) is 0 Å². The first-order valence-corrected chi connectivity index (χ1v) is 19.3. The molecule has 2 heteroatoms. The Morgan fingerprint density at radius 3 is 1.48 bits per heavy atom. The van der Waals surface area contributed by atoms with Gasteiger partial charge >= 0.3 is 0 Å². The van der Waals surface area contributed by atoms with Crippen LogP contribution in [0.15, 0.2) is 218 Å². The van der Waals surface area contributed by atoms with E-state index in [1.165, 1.54) is 82.1 Å². The fourth-order valence-corrected chi connectivity index (χ4v) is 8.57. The summed E-state index contributed by atoms with van der Waals surface area (Å²) in [7, 11) is 0. The number of para-hydroxylation sites is 2. The van der Waals surface area contributed by atoms with Gasteiger partial charge in [0.05, 0.1) is 11.0 Å². The number of aromatic nitrogens is 1. The predicted molar refractivity (Wildman–Crippen MR) is 239 cm³/mol. The van der Waals surface area contributed by atoms with Crippen LogP contribution in [0, 0.1) is 0 Å². The molecule has 0 bridgehead atoms. The van der Waals surface area contributed by atoms with Crippen molar-refractivity contribution >= 4 is 71.2 Å². The fraction of sp³-hybridized carbons (Fsp3) is 0. The third-order valence-electron chi connectivity index (χ3n) is 11.3. The molecule has 1 heterocycles. The molecule has 0 aliphatic rings. The molecule has 1 aromatic heterocycles. The Labute approximate surface area is 325 Å². The molecule has 0 amide bonds. The highest BCUT2D eigenvalue weighted by Gasteiger charge is 2.16. The minimum absolute atomic E-state index is 1.11. The van der Waals surface area contributed by atoms with Gasteiger partial charge in [-0.1, -0.05) is 146 Å². The third kappa shape index (κ3) is 5.42. The second-order valence-electron chi connectivity index (χ2n) is 14.6. The first kappa shape index (κ1) is 32.0. The number of fused-ring (bicyclic) bond motifs is 7. The summed E-state index contributed by atoms with van der Waals surface area (Å²) in [5, 5.41) is 10.1. The lowest BCUT2D eigenvalue weighted by Gasteiger charge is -2.26. The number of hydrogen-bond acceptors (Lipinski definition) is 1. The molecule has 0 unspecified atom stereocenters. The van der Waals surface area contributed by atoms with E-state index in [1.54, 1.807) is 0 Å². The van der Waals surface area contributed by atoms with E-state index in [1.807, 2.05) is 0 Å². The second-order valence-corrected chi connectivity index (χ2v) is 14.6. The first-order chi connectivity index (χ1) is 27.7. The quantitative estimate of drug-likeness (QED) is 0.167. The zero-order valence-electron chi connectivity index (χ0n) is 30.7. The van der Waals surface area contributed by atoms with Gasteiger partial charge in [0.25, 0.3) is 0 Å². The number of nitrogens with zero attached hydrogens (tertiary/aromatic N) is 2. The molecule has 0 saturated heterocycles. The highest BCUT2D eigenvalue weighted by atomic mass is 15.1. The standard InChI is InChI=1S/C54H36N2/c1-2-13-46(14-3-1)55(47-28-22-38(23-29-47)42-19-18-37-10-4-5-12-41(37)34-42)48-30-24-39(25-31-48)43-20-21-45-36-49(32-26-44(45)35-43)56-52-17-9-8-16-51(52)54-50-15-7-6-11-40(50)27-33-53(54)56/h1-36H. The molecule has 0 spiro atoms. The minimum atomic E-state index is 1.11. The van der Waals surface area contributed by atoms with Gasteiger partial charge in [-0.2, -0.15) is 0 Å². The van der Waals surface area contributed by atoms with Crippen LogP contribution in [0.25, 0.3) is 82.1 Å². The maximum absolute atomic E-state index is 2.42. The Morgan fingerprint density at radius 1 is 0.286 bits per heavy atom. The maximum atomic E-state index is 2.42. The Kier molecular flexibility index (Phi) is 7.53. The maximum Gasteiger partial charge on any atom is 0.0547 e. The van der Waals surface area contributed by atoms with Gasteiger partial charge in [0.15, 0.2) is 0 Å². The van der Waals surface area contributed by atoms with Crippen molar-refractivity contribution in [1.82, 2.24) is 4.57 Å². The third-order valence-corrected chi connectivity index (χ3v) is 11.3. The molecule has 11 rings (SSSR count). The van der Waals surface area contributed by atoms with Crippen LogP contribution < -0.4 is 4.90 Å². The number of anilines is 3. The number of benzene rings is 10. The molecule has 11 aromatic rings. The molecule has 0 aliphatic heterocycles. The van der Waals surface area contributed by atoms with Crippen LogP contribution in [-0.4, -0.2) is 4.57 Å². The van der Waals surface area contributed by atoms with Gasteiger partial charge in [0.1, 0.15) is 0 Å². The molecule has 0 radical (unpaired) electrons. The summed E-state index contributed by atoms with van der Waals surface area (Å²) in [5.74, 6) is 0. The van der Waals surface area contributed by atoms with E-state index in [2.05, 4.69) is 228 Å². The first-order valence-electron chi connectivity index (χ1n) is 19.3. The molecular weight excluding hydrogens is 677 g/mol. The van der Waals surface area contributed by atoms with Crippen LogP contribution in [0.1, 0.15) is 0 Å². The zero-order chi connectivity index (χ0) is 37.0. The van der Waals surface area contributed by atoms with Crippen molar-refractivity contribution < 1.29 is 0 Å². The van der Waals surface area contributed by atoms with Crippen molar-refractivity contribution in [3.05, 3.63) is 218 Å². The largest absolute Gasteiger partial charge is 0.311 e. The van der Waals surface area contributed by atoms with Gasteiger partial charge in [0, 0.05) is 33.5 Å². The molecule has 2 nitrogen and oxygen atoms in total. The predicted octanol–water partition coefficient (Wildman–Crippen LogP) is 15.0. The summed E-state index contributed by atoms with van der Waals surface area (Å²) < 4.78 is 2.42. The van der Waals surface area contributed by atoms with Gasteiger partial charge in [-0.15, -0.1) is 0 Å². The summed E-state index contributed by atoms with van der Waals surface area (Å²) >= 11 is 0. The summed E-state index contributed by atoms with van der Waals surface area (Å²) in [6.07, 6.45) is 0. The molecule has 0 saturated carbocycles. The van der Waals surface area contributed by atoms with E-state index in [9.17, 15) is 0 Å². The van der Waals surface area contributed by atoms with Crippen molar-refractivity contribution in [2.45, 2.75) is 0 Å². The summed E-state index contributed by atoms with van der Waals surface area (Å²) in [6.45, 7) is 0. The lowest BCUT2D eigenvalue weighted by molar-refractivity contribution is 1.19. The van der Waals surface area contributed by atoms with E-state index >= 15 is 0 Å².